The molecule has 1 unspecified atom stereocenters. The van der Waals surface area contributed by atoms with Gasteiger partial charge < -0.3 is 14.6 Å². The molecular weight excluding hydrogens is 342 g/mol. The Kier molecular flexibility index (Phi) is 6.43. The highest BCUT2D eigenvalue weighted by Crippen LogP contribution is 2.35. The number of aryl methyl sites for hydroxylation is 2. The number of rotatable bonds is 7. The topological polar surface area (TPSA) is 59.0 Å². The van der Waals surface area contributed by atoms with Crippen molar-refractivity contribution in [2.45, 2.75) is 65.0 Å². The molecule has 1 aromatic rings. The summed E-state index contributed by atoms with van der Waals surface area (Å²) in [5, 5.41) is 9.87. The number of hydrogen-bond donors (Lipinski definition) is 1. The van der Waals surface area contributed by atoms with Crippen LogP contribution in [0, 0.1) is 19.8 Å². The Bertz CT molecular complexity index is 667. The number of ether oxygens (including phenoxy) is 2. The van der Waals surface area contributed by atoms with Crippen molar-refractivity contribution in [3.8, 4) is 5.75 Å². The Morgan fingerprint density at radius 1 is 1.33 bits per heavy atom. The van der Waals surface area contributed by atoms with Crippen LogP contribution in [0.1, 0.15) is 55.7 Å². The summed E-state index contributed by atoms with van der Waals surface area (Å²) in [6.07, 6.45) is 4.55. The first-order valence-electron chi connectivity index (χ1n) is 10.3. The molecule has 1 N–H and O–H groups in total. The standard InChI is InChI=1S/C22H33NO4/c1-4-5-18-6-9-23(14-18)15-19-13-16(2)12-17(3)20(19)27-22(21(24)25)7-10-26-11-8-22/h12-13,18H,4-11,14-15H2,1-3H3,(H,24,25). The van der Waals surface area contributed by atoms with Crippen molar-refractivity contribution in [2.75, 3.05) is 26.3 Å². The van der Waals surface area contributed by atoms with E-state index in [1.807, 2.05) is 6.92 Å². The average Bonchev–Trinajstić information content (AvgIpc) is 3.06. The minimum Gasteiger partial charge on any atom is -0.478 e. The zero-order valence-corrected chi connectivity index (χ0v) is 16.9. The molecule has 5 heteroatoms. The van der Waals surface area contributed by atoms with E-state index in [1.54, 1.807) is 0 Å². The molecule has 2 fully saturated rings. The first kappa shape index (κ1) is 20.2. The highest BCUT2D eigenvalue weighted by atomic mass is 16.5. The van der Waals surface area contributed by atoms with E-state index < -0.39 is 11.6 Å². The first-order chi connectivity index (χ1) is 12.9. The normalized spacial score (nSPS) is 22.7. The van der Waals surface area contributed by atoms with E-state index in [2.05, 4.69) is 30.9 Å². The molecule has 0 aromatic heterocycles. The fraction of sp³-hybridized carbons (Fsp3) is 0.682. The molecule has 2 aliphatic heterocycles. The maximum Gasteiger partial charge on any atom is 0.348 e. The minimum atomic E-state index is -1.18. The van der Waals surface area contributed by atoms with Crippen molar-refractivity contribution >= 4 is 5.97 Å². The molecule has 3 rings (SSSR count). The number of nitrogens with zero attached hydrogens (tertiary/aromatic N) is 1. The van der Waals surface area contributed by atoms with Crippen molar-refractivity contribution in [3.63, 3.8) is 0 Å². The van der Waals surface area contributed by atoms with Gasteiger partial charge in [-0.25, -0.2) is 4.79 Å². The molecule has 150 valence electrons. The number of aliphatic carboxylic acids is 1. The molecule has 0 radical (unpaired) electrons. The van der Waals surface area contributed by atoms with Gasteiger partial charge in [0.25, 0.3) is 0 Å². The molecule has 1 atom stereocenters. The third-order valence-electron chi connectivity index (χ3n) is 5.94. The molecule has 2 heterocycles. The largest absolute Gasteiger partial charge is 0.478 e. The van der Waals surface area contributed by atoms with Crippen LogP contribution in [0.5, 0.6) is 5.75 Å². The summed E-state index contributed by atoms with van der Waals surface area (Å²) in [7, 11) is 0. The average molecular weight is 376 g/mol. The number of likely N-dealkylation sites (tertiary alicyclic amines) is 1. The van der Waals surface area contributed by atoms with Crippen LogP contribution in [0.15, 0.2) is 12.1 Å². The van der Waals surface area contributed by atoms with Gasteiger partial charge in [-0.15, -0.1) is 0 Å². The Morgan fingerprint density at radius 3 is 2.74 bits per heavy atom. The Hall–Kier alpha value is -1.59. The van der Waals surface area contributed by atoms with Crippen LogP contribution < -0.4 is 4.74 Å². The lowest BCUT2D eigenvalue weighted by Gasteiger charge is -2.35. The van der Waals surface area contributed by atoms with E-state index in [4.69, 9.17) is 9.47 Å². The third-order valence-corrected chi connectivity index (χ3v) is 5.94. The Balaban J connectivity index is 1.83. The molecule has 2 saturated heterocycles. The van der Waals surface area contributed by atoms with Crippen molar-refractivity contribution in [2.24, 2.45) is 5.92 Å². The van der Waals surface area contributed by atoms with E-state index in [1.165, 1.54) is 24.8 Å². The smallest absolute Gasteiger partial charge is 0.348 e. The second-order valence-electron chi connectivity index (χ2n) is 8.26. The van der Waals surface area contributed by atoms with Gasteiger partial charge in [0, 0.05) is 31.5 Å². The number of carbonyl (C=O) groups is 1. The molecule has 0 saturated carbocycles. The maximum absolute atomic E-state index is 12.0. The van der Waals surface area contributed by atoms with Crippen LogP contribution >= 0.6 is 0 Å². The lowest BCUT2D eigenvalue weighted by atomic mass is 9.93. The monoisotopic (exact) mass is 375 g/mol. The molecule has 1 aromatic carbocycles. The van der Waals surface area contributed by atoms with Crippen LogP contribution in [-0.4, -0.2) is 47.9 Å². The first-order valence-corrected chi connectivity index (χ1v) is 10.3. The lowest BCUT2D eigenvalue weighted by Crippen LogP contribution is -2.49. The van der Waals surface area contributed by atoms with Crippen molar-refractivity contribution in [1.29, 1.82) is 0 Å². The Labute approximate surface area is 162 Å². The number of carboxylic acid groups (broad SMARTS) is 1. The third kappa shape index (κ3) is 4.64. The van der Waals surface area contributed by atoms with Gasteiger partial charge in [-0.1, -0.05) is 31.0 Å². The van der Waals surface area contributed by atoms with E-state index in [-0.39, 0.29) is 0 Å². The zero-order valence-electron chi connectivity index (χ0n) is 16.9. The second kappa shape index (κ2) is 8.61. The van der Waals surface area contributed by atoms with Gasteiger partial charge in [-0.05, 0) is 44.7 Å². The summed E-state index contributed by atoms with van der Waals surface area (Å²) in [5.41, 5.74) is 2.14. The summed E-state index contributed by atoms with van der Waals surface area (Å²) in [5.74, 6) is 0.649. The van der Waals surface area contributed by atoms with Crippen LogP contribution in [0.2, 0.25) is 0 Å². The molecule has 0 amide bonds. The van der Waals surface area contributed by atoms with Crippen LogP contribution in [0.4, 0.5) is 0 Å². The number of carboxylic acids is 1. The molecule has 5 nitrogen and oxygen atoms in total. The van der Waals surface area contributed by atoms with Gasteiger partial charge in [0.2, 0.25) is 5.60 Å². The van der Waals surface area contributed by atoms with Crippen molar-refractivity contribution in [3.05, 3.63) is 28.8 Å². The van der Waals surface area contributed by atoms with E-state index in [0.29, 0.717) is 26.1 Å². The highest BCUT2D eigenvalue weighted by Gasteiger charge is 2.43. The van der Waals surface area contributed by atoms with Gasteiger partial charge in [0.05, 0.1) is 13.2 Å². The fourth-order valence-corrected chi connectivity index (χ4v) is 4.50. The molecule has 27 heavy (non-hydrogen) atoms. The number of hydrogen-bond acceptors (Lipinski definition) is 4. The van der Waals surface area contributed by atoms with E-state index >= 15 is 0 Å². The zero-order chi connectivity index (χ0) is 19.4. The van der Waals surface area contributed by atoms with Gasteiger partial charge >= 0.3 is 5.97 Å². The summed E-state index contributed by atoms with van der Waals surface area (Å²) < 4.78 is 11.7. The number of benzene rings is 1. The lowest BCUT2D eigenvalue weighted by molar-refractivity contribution is -0.163. The van der Waals surface area contributed by atoms with Gasteiger partial charge in [0.1, 0.15) is 5.75 Å². The maximum atomic E-state index is 12.0. The minimum absolute atomic E-state index is 0.386. The van der Waals surface area contributed by atoms with Crippen LogP contribution in [0.25, 0.3) is 0 Å². The highest BCUT2D eigenvalue weighted by molar-refractivity contribution is 5.78. The molecular formula is C22H33NO4. The van der Waals surface area contributed by atoms with Crippen LogP contribution in [0.3, 0.4) is 0 Å². The Morgan fingerprint density at radius 2 is 2.07 bits per heavy atom. The summed E-state index contributed by atoms with van der Waals surface area (Å²) in [4.78, 5) is 14.5. The summed E-state index contributed by atoms with van der Waals surface area (Å²) in [6.45, 7) is 10.3. The summed E-state index contributed by atoms with van der Waals surface area (Å²) in [6, 6.07) is 4.24. The van der Waals surface area contributed by atoms with Crippen molar-refractivity contribution < 1.29 is 19.4 Å². The van der Waals surface area contributed by atoms with E-state index in [9.17, 15) is 9.90 Å². The molecule has 0 bridgehead atoms. The fourth-order valence-electron chi connectivity index (χ4n) is 4.50. The SMILES string of the molecule is CCCC1CCN(Cc2cc(C)cc(C)c2OC2(C(=O)O)CCOCC2)C1. The van der Waals surface area contributed by atoms with Crippen molar-refractivity contribution in [1.82, 2.24) is 4.90 Å². The van der Waals surface area contributed by atoms with Gasteiger partial charge in [-0.2, -0.15) is 0 Å². The molecule has 0 aliphatic carbocycles. The van der Waals surface area contributed by atoms with Gasteiger partial charge in [-0.3, -0.25) is 4.90 Å². The van der Waals surface area contributed by atoms with E-state index in [0.717, 1.165) is 42.4 Å². The summed E-state index contributed by atoms with van der Waals surface area (Å²) >= 11 is 0. The predicted molar refractivity (Wildman–Crippen MR) is 105 cm³/mol. The predicted octanol–water partition coefficient (Wildman–Crippen LogP) is 3.94. The van der Waals surface area contributed by atoms with Crippen LogP contribution in [-0.2, 0) is 16.1 Å². The second-order valence-corrected chi connectivity index (χ2v) is 8.26. The van der Waals surface area contributed by atoms with Gasteiger partial charge in [0.15, 0.2) is 0 Å². The molecule has 0 spiro atoms. The molecule has 2 aliphatic rings. The quantitative estimate of drug-likeness (QED) is 0.782.